The van der Waals surface area contributed by atoms with Crippen LogP contribution in [0.25, 0.3) is 22.6 Å². The van der Waals surface area contributed by atoms with Gasteiger partial charge in [-0.25, -0.2) is 14.3 Å². The van der Waals surface area contributed by atoms with Crippen molar-refractivity contribution in [2.75, 3.05) is 72.7 Å². The Kier molecular flexibility index (Phi) is 10.5. The van der Waals surface area contributed by atoms with Gasteiger partial charge in [-0.1, -0.05) is 0 Å². The van der Waals surface area contributed by atoms with Crippen molar-refractivity contribution in [1.82, 2.24) is 34.6 Å². The minimum Gasteiger partial charge on any atom is -0.382 e. The van der Waals surface area contributed by atoms with Crippen LogP contribution in [0.4, 0.5) is 0 Å². The largest absolute Gasteiger partial charge is 0.382 e. The van der Waals surface area contributed by atoms with Crippen LogP contribution in [0.2, 0.25) is 0 Å². The maximum Gasteiger partial charge on any atom is 0.353 e. The molecule has 40 heavy (non-hydrogen) atoms. The third-order valence-electron chi connectivity index (χ3n) is 6.90. The molecular weight excluding hydrogens is 516 g/mol. The highest BCUT2D eigenvalue weighted by atomic mass is 16.5. The second-order valence-electron chi connectivity index (χ2n) is 9.68. The number of carbonyl (C=O) groups is 1. The summed E-state index contributed by atoms with van der Waals surface area (Å²) in [6.07, 6.45) is 1.79. The van der Waals surface area contributed by atoms with E-state index in [4.69, 9.17) is 9.47 Å². The lowest BCUT2D eigenvalue weighted by atomic mass is 10.1. The van der Waals surface area contributed by atoms with Crippen molar-refractivity contribution in [3.63, 3.8) is 0 Å². The molecule has 0 spiro atoms. The Balaban J connectivity index is 1.68. The van der Waals surface area contributed by atoms with E-state index in [1.807, 2.05) is 26.0 Å². The zero-order chi connectivity index (χ0) is 28.5. The maximum atomic E-state index is 13.6. The zero-order valence-corrected chi connectivity index (χ0v) is 23.4. The van der Waals surface area contributed by atoms with Gasteiger partial charge < -0.3 is 29.6 Å². The standard InChI is InChI=1S/C27H38N8O5/c1-19-16-21-22(17-20(19)2)34(12-13-40-15-14-39-3)25-24(31-21)26(37)35(27(38)32-25)18-23(36)33-10-8-29-6-4-28-5-7-30-9-11-33/h6,16-17,28,30H,4-5,7-15,18H2,1-3H3. The fourth-order valence-corrected chi connectivity index (χ4v) is 4.51. The summed E-state index contributed by atoms with van der Waals surface area (Å²) in [7, 11) is 1.60. The molecule has 13 nitrogen and oxygen atoms in total. The number of hydrogen-bond acceptors (Lipinski definition) is 10. The number of methoxy groups -OCH3 is 1. The number of hydrogen-bond donors (Lipinski definition) is 2. The molecule has 0 bridgehead atoms. The molecule has 0 aliphatic carbocycles. The van der Waals surface area contributed by atoms with Crippen molar-refractivity contribution in [2.24, 2.45) is 4.99 Å². The second kappa shape index (κ2) is 14.2. The molecule has 4 rings (SSSR count). The Morgan fingerprint density at radius 2 is 1.77 bits per heavy atom. The Labute approximate surface area is 232 Å². The van der Waals surface area contributed by atoms with E-state index >= 15 is 0 Å². The number of fused-ring (bicyclic) bond motifs is 2. The first kappa shape index (κ1) is 29.5. The van der Waals surface area contributed by atoms with Gasteiger partial charge in [0.25, 0.3) is 5.56 Å². The molecule has 3 aliphatic rings. The molecule has 2 N–H and O–H groups in total. The summed E-state index contributed by atoms with van der Waals surface area (Å²) in [4.78, 5) is 54.9. The van der Waals surface area contributed by atoms with E-state index in [2.05, 4.69) is 25.6 Å². The molecule has 0 saturated carbocycles. The van der Waals surface area contributed by atoms with E-state index in [1.165, 1.54) is 0 Å². The monoisotopic (exact) mass is 554 g/mol. The molecule has 13 heteroatoms. The van der Waals surface area contributed by atoms with E-state index in [0.29, 0.717) is 64.6 Å². The van der Waals surface area contributed by atoms with Crippen molar-refractivity contribution >= 4 is 23.2 Å². The van der Waals surface area contributed by atoms with Gasteiger partial charge >= 0.3 is 5.69 Å². The predicted octanol–water partition coefficient (Wildman–Crippen LogP) is -0.570. The number of nitrogens with one attached hydrogen (secondary N) is 2. The van der Waals surface area contributed by atoms with Crippen LogP contribution in [0.1, 0.15) is 11.1 Å². The zero-order valence-electron chi connectivity index (χ0n) is 23.4. The highest BCUT2D eigenvalue weighted by molar-refractivity contribution is 5.81. The van der Waals surface area contributed by atoms with Crippen LogP contribution in [-0.4, -0.2) is 109 Å². The lowest BCUT2D eigenvalue weighted by Gasteiger charge is -2.23. The molecule has 0 fully saturated rings. The van der Waals surface area contributed by atoms with Gasteiger partial charge in [-0.05, 0) is 37.1 Å². The summed E-state index contributed by atoms with van der Waals surface area (Å²) in [5.41, 5.74) is 2.01. The minimum atomic E-state index is -0.790. The topological polar surface area (TPSA) is 145 Å². The summed E-state index contributed by atoms with van der Waals surface area (Å²) >= 11 is 0. The summed E-state index contributed by atoms with van der Waals surface area (Å²) in [5.74, 6) is -0.178. The molecule has 3 aliphatic heterocycles. The Bertz CT molecular complexity index is 1430. The van der Waals surface area contributed by atoms with Gasteiger partial charge in [-0.3, -0.25) is 14.6 Å². The number of aryl methyl sites for hydroxylation is 2. The fourth-order valence-electron chi connectivity index (χ4n) is 4.51. The quantitative estimate of drug-likeness (QED) is 0.276. The van der Waals surface area contributed by atoms with Gasteiger partial charge in [-0.2, -0.15) is 4.98 Å². The SMILES string of the molecule is COCCOCCn1c2nc(=O)n(CC(=O)N3CCN=CCNCCNCC3)c(=O)c-2nc2cc(C)c(C)cc21. The van der Waals surface area contributed by atoms with E-state index in [0.717, 1.165) is 34.3 Å². The number of aliphatic imine (C=N–C) groups is 1. The first-order valence-electron chi connectivity index (χ1n) is 13.6. The maximum absolute atomic E-state index is 13.6. The number of benzene rings is 1. The molecule has 1 aromatic rings. The number of nitrogens with zero attached hydrogens (tertiary/aromatic N) is 6. The lowest BCUT2D eigenvalue weighted by molar-refractivity contribution is -0.131. The second-order valence-corrected chi connectivity index (χ2v) is 9.68. The van der Waals surface area contributed by atoms with E-state index in [9.17, 15) is 14.4 Å². The summed E-state index contributed by atoms with van der Waals surface area (Å²) in [6.45, 7) is 9.14. The first-order valence-corrected chi connectivity index (χ1v) is 13.6. The fraction of sp³-hybridized carbons (Fsp3) is 0.556. The molecule has 0 unspecified atom stereocenters. The van der Waals surface area contributed by atoms with E-state index in [1.54, 1.807) is 22.8 Å². The van der Waals surface area contributed by atoms with Crippen LogP contribution in [0.15, 0.2) is 26.7 Å². The first-order chi connectivity index (χ1) is 19.4. The molecule has 1 amide bonds. The Morgan fingerprint density at radius 1 is 0.975 bits per heavy atom. The van der Waals surface area contributed by atoms with Crippen molar-refractivity contribution in [1.29, 1.82) is 0 Å². The van der Waals surface area contributed by atoms with Crippen LogP contribution in [0.3, 0.4) is 0 Å². The molecule has 216 valence electrons. The highest BCUT2D eigenvalue weighted by Crippen LogP contribution is 2.23. The van der Waals surface area contributed by atoms with Crippen LogP contribution < -0.4 is 21.9 Å². The molecule has 0 aromatic heterocycles. The Hall–Kier alpha value is -3.52. The highest BCUT2D eigenvalue weighted by Gasteiger charge is 2.24. The van der Waals surface area contributed by atoms with Crippen LogP contribution in [0.5, 0.6) is 0 Å². The number of carbonyl (C=O) groups excluding carboxylic acids is 1. The molecule has 3 heterocycles. The molecule has 0 saturated heterocycles. The average Bonchev–Trinajstić information content (AvgIpc) is 2.92. The van der Waals surface area contributed by atoms with E-state index < -0.39 is 17.8 Å². The van der Waals surface area contributed by atoms with Gasteiger partial charge in [0.1, 0.15) is 6.54 Å². The lowest BCUT2D eigenvalue weighted by Crippen LogP contribution is -2.46. The molecule has 0 radical (unpaired) electrons. The van der Waals surface area contributed by atoms with E-state index in [-0.39, 0.29) is 17.4 Å². The number of ether oxygens (including phenoxy) is 2. The van der Waals surface area contributed by atoms with Crippen molar-refractivity contribution < 1.29 is 14.3 Å². The summed E-state index contributed by atoms with van der Waals surface area (Å²) in [5, 5.41) is 6.53. The van der Waals surface area contributed by atoms with Gasteiger partial charge in [0.15, 0.2) is 11.5 Å². The van der Waals surface area contributed by atoms with Crippen molar-refractivity contribution in [3.8, 4) is 11.5 Å². The average molecular weight is 555 g/mol. The molecule has 0 atom stereocenters. The number of aromatic nitrogens is 4. The van der Waals surface area contributed by atoms with Gasteiger partial charge in [0.2, 0.25) is 5.91 Å². The number of rotatable bonds is 8. The number of amides is 1. The van der Waals surface area contributed by atoms with Crippen LogP contribution in [0, 0.1) is 13.8 Å². The smallest absolute Gasteiger partial charge is 0.353 e. The minimum absolute atomic E-state index is 0.0347. The third-order valence-corrected chi connectivity index (χ3v) is 6.90. The summed E-state index contributed by atoms with van der Waals surface area (Å²) in [6, 6.07) is 3.88. The van der Waals surface area contributed by atoms with Crippen molar-refractivity contribution in [2.45, 2.75) is 26.9 Å². The van der Waals surface area contributed by atoms with Crippen LogP contribution in [-0.2, 0) is 27.4 Å². The normalized spacial score (nSPS) is 15.3. The van der Waals surface area contributed by atoms with Crippen molar-refractivity contribution in [3.05, 3.63) is 44.1 Å². The summed E-state index contributed by atoms with van der Waals surface area (Å²) < 4.78 is 13.4. The molecule has 1 aromatic carbocycles. The van der Waals surface area contributed by atoms with Gasteiger partial charge in [0.05, 0.1) is 37.4 Å². The Morgan fingerprint density at radius 3 is 2.60 bits per heavy atom. The molecular formula is C27H38N8O5. The third kappa shape index (κ3) is 7.16. The predicted molar refractivity (Wildman–Crippen MR) is 153 cm³/mol. The van der Waals surface area contributed by atoms with Crippen LogP contribution >= 0.6 is 0 Å². The van der Waals surface area contributed by atoms with Gasteiger partial charge in [-0.15, -0.1) is 0 Å². The van der Waals surface area contributed by atoms with Gasteiger partial charge in [0, 0.05) is 59.1 Å².